The zero-order valence-corrected chi connectivity index (χ0v) is 19.2. The Kier molecular flexibility index (Phi) is 6.08. The number of tetrazole rings is 1. The molecule has 1 aromatic heterocycles. The van der Waals surface area contributed by atoms with Gasteiger partial charge < -0.3 is 5.32 Å². The van der Waals surface area contributed by atoms with Crippen molar-refractivity contribution in [1.82, 2.24) is 25.5 Å². The summed E-state index contributed by atoms with van der Waals surface area (Å²) in [5, 5.41) is 13.8. The molecule has 1 amide bonds. The summed E-state index contributed by atoms with van der Waals surface area (Å²) in [6.07, 6.45) is -4.65. The van der Waals surface area contributed by atoms with Gasteiger partial charge in [0.05, 0.1) is 5.69 Å². The molecule has 0 unspecified atom stereocenters. The molecule has 0 aliphatic carbocycles. The molecule has 176 valence electrons. The number of benzene rings is 2. The molecule has 0 atom stereocenters. The maximum absolute atomic E-state index is 13.8. The van der Waals surface area contributed by atoms with Gasteiger partial charge in [-0.25, -0.2) is 4.39 Å². The zero-order chi connectivity index (χ0) is 24.8. The van der Waals surface area contributed by atoms with Crippen molar-refractivity contribution in [3.05, 3.63) is 59.2 Å². The molecule has 1 N–H and O–H groups in total. The molecule has 0 bridgehead atoms. The lowest BCUT2D eigenvalue weighted by atomic mass is 9.95. The minimum atomic E-state index is -4.65. The number of aryl methyl sites for hydroxylation is 1. The summed E-state index contributed by atoms with van der Waals surface area (Å²) in [5.41, 5.74) is -1.05. The molecular formula is C23H25F4N5O. The highest BCUT2D eigenvalue weighted by atomic mass is 19.4. The topological polar surface area (TPSA) is 72.7 Å². The fraction of sp³-hybridized carbons (Fsp3) is 0.391. The van der Waals surface area contributed by atoms with E-state index in [1.54, 1.807) is 19.1 Å². The largest absolute Gasteiger partial charge is 0.410 e. The van der Waals surface area contributed by atoms with Crippen LogP contribution in [-0.4, -0.2) is 37.8 Å². The summed E-state index contributed by atoms with van der Waals surface area (Å²) >= 11 is 0. The van der Waals surface area contributed by atoms with Crippen molar-refractivity contribution in [2.24, 2.45) is 0 Å². The molecule has 3 aromatic rings. The van der Waals surface area contributed by atoms with Crippen LogP contribution in [0.5, 0.6) is 0 Å². The first-order valence-corrected chi connectivity index (χ1v) is 10.2. The lowest BCUT2D eigenvalue weighted by Gasteiger charge is -2.29. The first-order chi connectivity index (χ1) is 15.1. The van der Waals surface area contributed by atoms with Gasteiger partial charge in [0.1, 0.15) is 11.4 Å². The van der Waals surface area contributed by atoms with Gasteiger partial charge in [0.2, 0.25) is 0 Å². The van der Waals surface area contributed by atoms with Gasteiger partial charge in [0.25, 0.3) is 5.91 Å². The monoisotopic (exact) mass is 463 g/mol. The Balaban J connectivity index is 2.18. The number of hydrogen-bond acceptors (Lipinski definition) is 4. The van der Waals surface area contributed by atoms with Crippen molar-refractivity contribution >= 4 is 5.91 Å². The van der Waals surface area contributed by atoms with Gasteiger partial charge >= 0.3 is 6.18 Å². The van der Waals surface area contributed by atoms with E-state index in [1.807, 2.05) is 26.1 Å². The molecule has 0 fully saturated rings. The third kappa shape index (κ3) is 5.04. The van der Waals surface area contributed by atoms with Crippen LogP contribution in [0.25, 0.3) is 16.8 Å². The van der Waals surface area contributed by atoms with Crippen LogP contribution in [0.3, 0.4) is 0 Å². The van der Waals surface area contributed by atoms with Crippen molar-refractivity contribution in [1.29, 1.82) is 0 Å². The fourth-order valence-corrected chi connectivity index (χ4v) is 3.11. The van der Waals surface area contributed by atoms with Crippen LogP contribution < -0.4 is 5.32 Å². The Morgan fingerprint density at radius 1 is 0.970 bits per heavy atom. The van der Waals surface area contributed by atoms with Gasteiger partial charge in [-0.1, -0.05) is 26.8 Å². The van der Waals surface area contributed by atoms with E-state index in [2.05, 4.69) is 15.5 Å². The van der Waals surface area contributed by atoms with Gasteiger partial charge in [0, 0.05) is 11.0 Å². The van der Waals surface area contributed by atoms with Gasteiger partial charge in [-0.05, 0) is 78.2 Å². The van der Waals surface area contributed by atoms with Crippen LogP contribution in [0.15, 0.2) is 36.4 Å². The number of amides is 1. The van der Waals surface area contributed by atoms with Crippen LogP contribution in [0, 0.1) is 12.7 Å². The number of halogens is 4. The normalized spacial score (nSPS) is 12.7. The number of nitrogens with zero attached hydrogens (tertiary/aromatic N) is 4. The predicted octanol–water partition coefficient (Wildman–Crippen LogP) is 5.15. The van der Waals surface area contributed by atoms with Crippen LogP contribution >= 0.6 is 0 Å². The van der Waals surface area contributed by atoms with E-state index in [0.29, 0.717) is 28.2 Å². The number of nitrogens with one attached hydrogen (secondary N) is 1. The van der Waals surface area contributed by atoms with E-state index in [9.17, 15) is 22.4 Å². The summed E-state index contributed by atoms with van der Waals surface area (Å²) < 4.78 is 55.3. The minimum absolute atomic E-state index is 0.0165. The highest BCUT2D eigenvalue weighted by Crippen LogP contribution is 2.31. The Morgan fingerprint density at radius 3 is 2.21 bits per heavy atom. The fourth-order valence-electron chi connectivity index (χ4n) is 3.11. The number of aromatic nitrogens is 4. The second-order valence-corrected chi connectivity index (χ2v) is 9.47. The average Bonchev–Trinajstić information content (AvgIpc) is 3.19. The Hall–Kier alpha value is -3.30. The maximum Gasteiger partial charge on any atom is 0.410 e. The summed E-state index contributed by atoms with van der Waals surface area (Å²) in [6.45, 7) is 9.09. The first-order valence-electron chi connectivity index (χ1n) is 10.2. The van der Waals surface area contributed by atoms with Crippen molar-refractivity contribution in [2.75, 3.05) is 0 Å². The number of carbonyl (C=O) groups excluding carboxylic acids is 1. The molecule has 0 aliphatic heterocycles. The van der Waals surface area contributed by atoms with Gasteiger partial charge in [-0.2, -0.15) is 17.9 Å². The van der Waals surface area contributed by atoms with E-state index in [4.69, 9.17) is 0 Å². The highest BCUT2D eigenvalue weighted by Gasteiger charge is 2.48. The number of carbonyl (C=O) groups is 1. The molecule has 0 saturated carbocycles. The SMILES string of the molecule is Cc1cc(-c2cc(C(=O)NC(C)(C)C(F)(F)F)cc(-n3nnnc3C(C)(C)C)c2)ccc1F. The minimum Gasteiger partial charge on any atom is -0.338 e. The standard InChI is InChI=1S/C23H25F4N5O/c1-13-9-14(7-8-18(13)24)15-10-16(19(33)28-22(5,6)23(25,26)27)12-17(11-15)32-20(21(2,3)4)29-30-31-32/h7-12H,1-6H3,(H,28,33). The van der Waals surface area contributed by atoms with Crippen molar-refractivity contribution in [3.8, 4) is 16.8 Å². The quantitative estimate of drug-likeness (QED) is 0.544. The van der Waals surface area contributed by atoms with E-state index in [0.717, 1.165) is 13.8 Å². The number of alkyl halides is 3. The van der Waals surface area contributed by atoms with Crippen LogP contribution in [-0.2, 0) is 5.41 Å². The molecule has 0 spiro atoms. The highest BCUT2D eigenvalue weighted by molar-refractivity contribution is 5.96. The molecule has 10 heteroatoms. The van der Waals surface area contributed by atoms with E-state index >= 15 is 0 Å². The van der Waals surface area contributed by atoms with Crippen LogP contribution in [0.2, 0.25) is 0 Å². The molecule has 3 rings (SSSR count). The van der Waals surface area contributed by atoms with Crippen LogP contribution in [0.4, 0.5) is 17.6 Å². The molecule has 0 saturated heterocycles. The molecular weight excluding hydrogens is 438 g/mol. The van der Waals surface area contributed by atoms with Crippen LogP contribution in [0.1, 0.15) is 56.4 Å². The maximum atomic E-state index is 13.8. The lowest BCUT2D eigenvalue weighted by Crippen LogP contribution is -2.54. The molecule has 1 heterocycles. The van der Waals surface area contributed by atoms with Gasteiger partial charge in [-0.15, -0.1) is 5.10 Å². The van der Waals surface area contributed by atoms with Crippen molar-refractivity contribution in [3.63, 3.8) is 0 Å². The Bertz CT molecular complexity index is 1190. The lowest BCUT2D eigenvalue weighted by molar-refractivity contribution is -0.182. The van der Waals surface area contributed by atoms with Gasteiger partial charge in [0.15, 0.2) is 5.82 Å². The van der Waals surface area contributed by atoms with E-state index in [1.165, 1.54) is 28.9 Å². The Morgan fingerprint density at radius 2 is 1.64 bits per heavy atom. The predicted molar refractivity (Wildman–Crippen MR) is 116 cm³/mol. The Labute approximate surface area is 189 Å². The molecule has 0 aliphatic rings. The van der Waals surface area contributed by atoms with Crippen molar-refractivity contribution in [2.45, 2.75) is 58.7 Å². The average molecular weight is 463 g/mol. The summed E-state index contributed by atoms with van der Waals surface area (Å²) in [7, 11) is 0. The van der Waals surface area contributed by atoms with Crippen molar-refractivity contribution < 1.29 is 22.4 Å². The molecule has 2 aromatic carbocycles. The summed E-state index contributed by atoms with van der Waals surface area (Å²) in [5.74, 6) is -0.808. The second kappa shape index (κ2) is 8.24. The third-order valence-corrected chi connectivity index (χ3v) is 5.19. The smallest absolute Gasteiger partial charge is 0.338 e. The summed E-state index contributed by atoms with van der Waals surface area (Å²) in [6, 6.07) is 9.00. The first kappa shape index (κ1) is 24.3. The zero-order valence-electron chi connectivity index (χ0n) is 19.2. The van der Waals surface area contributed by atoms with Gasteiger partial charge in [-0.3, -0.25) is 4.79 Å². The van der Waals surface area contributed by atoms with E-state index < -0.39 is 28.9 Å². The molecule has 33 heavy (non-hydrogen) atoms. The third-order valence-electron chi connectivity index (χ3n) is 5.19. The number of rotatable bonds is 4. The second-order valence-electron chi connectivity index (χ2n) is 9.47. The molecule has 0 radical (unpaired) electrons. The number of hydrogen-bond donors (Lipinski definition) is 1. The van der Waals surface area contributed by atoms with E-state index in [-0.39, 0.29) is 5.56 Å². The summed E-state index contributed by atoms with van der Waals surface area (Å²) in [4.78, 5) is 12.9. The molecule has 6 nitrogen and oxygen atoms in total.